The van der Waals surface area contributed by atoms with Crippen LogP contribution in [0.15, 0.2) is 42.7 Å². The van der Waals surface area contributed by atoms with Crippen molar-refractivity contribution in [1.29, 1.82) is 0 Å². The Balaban J connectivity index is 1.84. The first-order valence-electron chi connectivity index (χ1n) is 8.01. The number of nitrogens with one attached hydrogen (secondary N) is 1. The number of carboxylic acids is 1. The fourth-order valence-electron chi connectivity index (χ4n) is 2.96. The van der Waals surface area contributed by atoms with Gasteiger partial charge in [-0.15, -0.1) is 0 Å². The van der Waals surface area contributed by atoms with Crippen LogP contribution in [0.4, 0.5) is 0 Å². The minimum Gasteiger partial charge on any atom is -0.480 e. The summed E-state index contributed by atoms with van der Waals surface area (Å²) in [5, 5.41) is 21.0. The van der Waals surface area contributed by atoms with Crippen LogP contribution in [0.5, 0.6) is 0 Å². The van der Waals surface area contributed by atoms with E-state index in [-0.39, 0.29) is 0 Å². The average Bonchev–Trinajstić information content (AvgIpc) is 3.21. The maximum absolute atomic E-state index is 11.9. The quantitative estimate of drug-likeness (QED) is 0.720. The third-order valence-corrected chi connectivity index (χ3v) is 4.34. The van der Waals surface area contributed by atoms with E-state index in [1.807, 2.05) is 62.3 Å². The van der Waals surface area contributed by atoms with Gasteiger partial charge in [-0.1, -0.05) is 12.1 Å². The normalized spacial score (nSPS) is 12.5. The molecule has 0 radical (unpaired) electrons. The van der Waals surface area contributed by atoms with Crippen molar-refractivity contribution in [3.8, 4) is 5.69 Å². The number of rotatable bonds is 6. The SMILES string of the molecule is Cc1n[nH]c(C)c1CN(C)C(C(=O)O)c1ccc(-n2cccn2)cc1. The molecule has 0 aliphatic rings. The van der Waals surface area contributed by atoms with Gasteiger partial charge in [0.15, 0.2) is 0 Å². The molecule has 0 saturated carbocycles. The largest absolute Gasteiger partial charge is 0.480 e. The fraction of sp³-hybridized carbons (Fsp3) is 0.278. The Morgan fingerprint density at radius 1 is 1.32 bits per heavy atom. The highest BCUT2D eigenvalue weighted by molar-refractivity contribution is 5.75. The molecular formula is C18H21N5O2. The Kier molecular flexibility index (Phi) is 4.67. The van der Waals surface area contributed by atoms with E-state index in [2.05, 4.69) is 15.3 Å². The third kappa shape index (κ3) is 3.46. The van der Waals surface area contributed by atoms with Gasteiger partial charge in [0.05, 0.1) is 11.4 Å². The fourth-order valence-corrected chi connectivity index (χ4v) is 2.96. The number of H-pyrrole nitrogens is 1. The molecule has 7 heteroatoms. The predicted molar refractivity (Wildman–Crippen MR) is 93.5 cm³/mol. The Morgan fingerprint density at radius 3 is 2.56 bits per heavy atom. The first-order valence-corrected chi connectivity index (χ1v) is 8.01. The predicted octanol–water partition coefficient (Wildman–Crippen LogP) is 2.47. The number of aromatic amines is 1. The van der Waals surface area contributed by atoms with Crippen LogP contribution in [0.3, 0.4) is 0 Å². The molecule has 7 nitrogen and oxygen atoms in total. The molecule has 2 heterocycles. The number of hydrogen-bond donors (Lipinski definition) is 2. The number of aromatic nitrogens is 4. The molecule has 1 unspecified atom stereocenters. The zero-order valence-corrected chi connectivity index (χ0v) is 14.5. The van der Waals surface area contributed by atoms with Gasteiger partial charge in [0.1, 0.15) is 6.04 Å². The summed E-state index contributed by atoms with van der Waals surface area (Å²) >= 11 is 0. The van der Waals surface area contributed by atoms with Crippen LogP contribution in [-0.4, -0.2) is 43.0 Å². The van der Waals surface area contributed by atoms with Gasteiger partial charge in [-0.3, -0.25) is 14.8 Å². The summed E-state index contributed by atoms with van der Waals surface area (Å²) < 4.78 is 1.74. The monoisotopic (exact) mass is 339 g/mol. The van der Waals surface area contributed by atoms with E-state index in [9.17, 15) is 9.90 Å². The molecule has 1 atom stereocenters. The molecule has 3 aromatic rings. The Hall–Kier alpha value is -2.93. The van der Waals surface area contributed by atoms with Crippen LogP contribution in [0, 0.1) is 13.8 Å². The van der Waals surface area contributed by atoms with Gasteiger partial charge in [-0.05, 0) is 44.7 Å². The Morgan fingerprint density at radius 2 is 2.04 bits per heavy atom. The molecule has 3 rings (SSSR count). The molecule has 0 amide bonds. The van der Waals surface area contributed by atoms with Gasteiger partial charge in [0, 0.05) is 30.2 Å². The first-order chi connectivity index (χ1) is 12.0. The number of hydrogen-bond acceptors (Lipinski definition) is 4. The number of aryl methyl sites for hydroxylation is 2. The standard InChI is InChI=1S/C18H21N5O2/c1-12-16(13(2)21-20-12)11-22(3)17(18(24)25)14-5-7-15(8-6-14)23-10-4-9-19-23/h4-10,17H,11H2,1-3H3,(H,20,21)(H,24,25). The maximum Gasteiger partial charge on any atom is 0.325 e. The summed E-state index contributed by atoms with van der Waals surface area (Å²) in [6.07, 6.45) is 3.55. The molecule has 0 saturated heterocycles. The lowest BCUT2D eigenvalue weighted by molar-refractivity contribution is -0.143. The highest BCUT2D eigenvalue weighted by Gasteiger charge is 2.26. The van der Waals surface area contributed by atoms with Crippen LogP contribution in [-0.2, 0) is 11.3 Å². The summed E-state index contributed by atoms with van der Waals surface area (Å²) in [6.45, 7) is 4.37. The van der Waals surface area contributed by atoms with Crippen LogP contribution in [0.25, 0.3) is 5.69 Å². The molecule has 25 heavy (non-hydrogen) atoms. The Bertz CT molecular complexity index is 833. The summed E-state index contributed by atoms with van der Waals surface area (Å²) in [7, 11) is 1.81. The summed E-state index contributed by atoms with van der Waals surface area (Å²) in [5.74, 6) is -0.881. The van der Waals surface area contributed by atoms with Crippen molar-refractivity contribution in [2.45, 2.75) is 26.4 Å². The number of carboxylic acid groups (broad SMARTS) is 1. The molecule has 0 aliphatic heterocycles. The molecular weight excluding hydrogens is 318 g/mol. The molecule has 0 aliphatic carbocycles. The number of carbonyl (C=O) groups is 1. The lowest BCUT2D eigenvalue weighted by Gasteiger charge is -2.25. The second-order valence-electron chi connectivity index (χ2n) is 6.11. The molecule has 0 spiro atoms. The molecule has 0 fully saturated rings. The maximum atomic E-state index is 11.9. The lowest BCUT2D eigenvalue weighted by Crippen LogP contribution is -2.30. The lowest BCUT2D eigenvalue weighted by atomic mass is 10.0. The van der Waals surface area contributed by atoms with Crippen LogP contribution < -0.4 is 0 Å². The minimum absolute atomic E-state index is 0.506. The van der Waals surface area contributed by atoms with Crippen molar-refractivity contribution in [3.63, 3.8) is 0 Å². The average molecular weight is 339 g/mol. The minimum atomic E-state index is -0.881. The van der Waals surface area contributed by atoms with Gasteiger partial charge in [-0.2, -0.15) is 10.2 Å². The van der Waals surface area contributed by atoms with Gasteiger partial charge < -0.3 is 5.11 Å². The van der Waals surface area contributed by atoms with E-state index >= 15 is 0 Å². The number of likely N-dealkylation sites (N-methyl/N-ethyl adjacent to an activating group) is 1. The zero-order valence-electron chi connectivity index (χ0n) is 14.5. The van der Waals surface area contributed by atoms with Gasteiger partial charge in [0.25, 0.3) is 0 Å². The second kappa shape index (κ2) is 6.90. The van der Waals surface area contributed by atoms with Crippen LogP contribution in [0.2, 0.25) is 0 Å². The molecule has 130 valence electrons. The summed E-state index contributed by atoms with van der Waals surface area (Å²) in [5.41, 5.74) is 4.50. The number of aliphatic carboxylic acids is 1. The molecule has 2 aromatic heterocycles. The van der Waals surface area contributed by atoms with Gasteiger partial charge in [0.2, 0.25) is 0 Å². The second-order valence-corrected chi connectivity index (χ2v) is 6.11. The smallest absolute Gasteiger partial charge is 0.325 e. The number of nitrogens with zero attached hydrogens (tertiary/aromatic N) is 4. The van der Waals surface area contributed by atoms with Crippen molar-refractivity contribution in [1.82, 2.24) is 24.9 Å². The van der Waals surface area contributed by atoms with Crippen molar-refractivity contribution in [3.05, 3.63) is 65.2 Å². The summed E-state index contributed by atoms with van der Waals surface area (Å²) in [4.78, 5) is 13.7. The van der Waals surface area contributed by atoms with E-state index in [0.717, 1.165) is 28.2 Å². The summed E-state index contributed by atoms with van der Waals surface area (Å²) in [6, 6.07) is 8.53. The van der Waals surface area contributed by atoms with Gasteiger partial charge >= 0.3 is 5.97 Å². The van der Waals surface area contributed by atoms with E-state index in [1.54, 1.807) is 10.9 Å². The zero-order chi connectivity index (χ0) is 18.0. The highest BCUT2D eigenvalue weighted by Crippen LogP contribution is 2.24. The highest BCUT2D eigenvalue weighted by atomic mass is 16.4. The molecule has 2 N–H and O–H groups in total. The van der Waals surface area contributed by atoms with E-state index in [1.165, 1.54) is 0 Å². The third-order valence-electron chi connectivity index (χ3n) is 4.34. The van der Waals surface area contributed by atoms with Crippen LogP contribution in [0.1, 0.15) is 28.6 Å². The van der Waals surface area contributed by atoms with E-state index < -0.39 is 12.0 Å². The molecule has 0 bridgehead atoms. The number of benzene rings is 1. The van der Waals surface area contributed by atoms with Crippen LogP contribution >= 0.6 is 0 Å². The van der Waals surface area contributed by atoms with Crippen molar-refractivity contribution < 1.29 is 9.90 Å². The van der Waals surface area contributed by atoms with Crippen molar-refractivity contribution in [2.75, 3.05) is 7.05 Å². The van der Waals surface area contributed by atoms with Gasteiger partial charge in [-0.25, -0.2) is 4.68 Å². The topological polar surface area (TPSA) is 87.0 Å². The van der Waals surface area contributed by atoms with E-state index in [4.69, 9.17) is 0 Å². The van der Waals surface area contributed by atoms with Crippen molar-refractivity contribution >= 4 is 5.97 Å². The van der Waals surface area contributed by atoms with Crippen molar-refractivity contribution in [2.24, 2.45) is 0 Å². The molecule has 1 aromatic carbocycles. The Labute approximate surface area is 145 Å². The first kappa shape index (κ1) is 16.9. The van der Waals surface area contributed by atoms with E-state index in [0.29, 0.717) is 6.54 Å².